The summed E-state index contributed by atoms with van der Waals surface area (Å²) in [7, 11) is 0. The van der Waals surface area contributed by atoms with E-state index in [2.05, 4.69) is 0 Å². The van der Waals surface area contributed by atoms with Crippen LogP contribution < -0.4 is 5.32 Å². The lowest BCUT2D eigenvalue weighted by Crippen LogP contribution is -2.19. The summed E-state index contributed by atoms with van der Waals surface area (Å²) in [6.07, 6.45) is 1.54. The SMILES string of the molecule is N#CNC(=O)Cc1ccccc1O. The minimum Gasteiger partial charge on any atom is -0.508 e. The van der Waals surface area contributed by atoms with Gasteiger partial charge in [0.2, 0.25) is 5.91 Å². The van der Waals surface area contributed by atoms with E-state index < -0.39 is 5.91 Å². The quantitative estimate of drug-likeness (QED) is 0.510. The summed E-state index contributed by atoms with van der Waals surface area (Å²) in [6.45, 7) is 0. The first-order valence-electron chi connectivity index (χ1n) is 3.69. The molecule has 0 spiro atoms. The molecule has 1 aromatic rings. The molecule has 0 atom stereocenters. The molecule has 1 amide bonds. The Hall–Kier alpha value is -2.02. The molecule has 13 heavy (non-hydrogen) atoms. The maximum Gasteiger partial charge on any atom is 0.237 e. The Morgan fingerprint density at radius 2 is 2.23 bits per heavy atom. The van der Waals surface area contributed by atoms with Crippen LogP contribution in [-0.4, -0.2) is 11.0 Å². The number of aromatic hydroxyl groups is 1. The molecule has 0 radical (unpaired) electrons. The van der Waals surface area contributed by atoms with Gasteiger partial charge in [0.1, 0.15) is 5.75 Å². The number of phenolic OH excluding ortho intramolecular Hbond substituents is 1. The zero-order chi connectivity index (χ0) is 9.68. The molecule has 0 bridgehead atoms. The highest BCUT2D eigenvalue weighted by atomic mass is 16.3. The van der Waals surface area contributed by atoms with Gasteiger partial charge in [0.05, 0.1) is 6.42 Å². The van der Waals surface area contributed by atoms with Crippen LogP contribution in [0.25, 0.3) is 0 Å². The van der Waals surface area contributed by atoms with Crippen LogP contribution in [0.4, 0.5) is 0 Å². The summed E-state index contributed by atoms with van der Waals surface area (Å²) in [5.41, 5.74) is 0.509. The lowest BCUT2D eigenvalue weighted by Gasteiger charge is -2.00. The van der Waals surface area contributed by atoms with E-state index in [0.717, 1.165) is 0 Å². The van der Waals surface area contributed by atoms with Gasteiger partial charge in [0.25, 0.3) is 0 Å². The van der Waals surface area contributed by atoms with Crippen LogP contribution in [0.1, 0.15) is 5.56 Å². The molecule has 0 aliphatic carbocycles. The van der Waals surface area contributed by atoms with Gasteiger partial charge < -0.3 is 5.11 Å². The molecule has 0 unspecified atom stereocenters. The van der Waals surface area contributed by atoms with Gasteiger partial charge in [-0.2, -0.15) is 5.26 Å². The third kappa shape index (κ3) is 2.49. The van der Waals surface area contributed by atoms with E-state index in [1.165, 1.54) is 12.3 Å². The normalized spacial score (nSPS) is 8.85. The second-order valence-corrected chi connectivity index (χ2v) is 2.47. The van der Waals surface area contributed by atoms with Crippen molar-refractivity contribution < 1.29 is 9.90 Å². The van der Waals surface area contributed by atoms with Crippen LogP contribution in [-0.2, 0) is 11.2 Å². The third-order valence-electron chi connectivity index (χ3n) is 1.54. The molecule has 0 aliphatic heterocycles. The summed E-state index contributed by atoms with van der Waals surface area (Å²) in [6, 6.07) is 6.51. The Labute approximate surface area is 75.4 Å². The number of hydrogen-bond donors (Lipinski definition) is 2. The number of nitrogens with one attached hydrogen (secondary N) is 1. The topological polar surface area (TPSA) is 73.1 Å². The fraction of sp³-hybridized carbons (Fsp3) is 0.111. The minimum absolute atomic E-state index is 0.0141. The number of phenols is 1. The van der Waals surface area contributed by atoms with Crippen molar-refractivity contribution in [3.8, 4) is 11.9 Å². The molecule has 66 valence electrons. The van der Waals surface area contributed by atoms with Gasteiger partial charge in [-0.25, -0.2) is 0 Å². The van der Waals surface area contributed by atoms with Gasteiger partial charge in [-0.05, 0) is 6.07 Å². The molecule has 0 aromatic heterocycles. The fourth-order valence-electron chi connectivity index (χ4n) is 0.940. The molecule has 0 saturated heterocycles. The fourth-order valence-corrected chi connectivity index (χ4v) is 0.940. The number of para-hydroxylation sites is 1. The Balaban J connectivity index is 2.70. The lowest BCUT2D eigenvalue weighted by atomic mass is 10.1. The summed E-state index contributed by atoms with van der Waals surface area (Å²) < 4.78 is 0. The Morgan fingerprint density at radius 1 is 1.54 bits per heavy atom. The second-order valence-electron chi connectivity index (χ2n) is 2.47. The van der Waals surface area contributed by atoms with Crippen molar-refractivity contribution in [3.05, 3.63) is 29.8 Å². The Kier molecular flexibility index (Phi) is 2.87. The maximum atomic E-state index is 10.9. The first-order chi connectivity index (χ1) is 6.24. The molecule has 0 saturated carbocycles. The van der Waals surface area contributed by atoms with Crippen LogP contribution in [0, 0.1) is 11.5 Å². The highest BCUT2D eigenvalue weighted by Gasteiger charge is 2.05. The molecule has 0 aliphatic rings. The smallest absolute Gasteiger partial charge is 0.237 e. The molecule has 2 N–H and O–H groups in total. The molecule has 1 rings (SSSR count). The van der Waals surface area contributed by atoms with Crippen molar-refractivity contribution in [3.63, 3.8) is 0 Å². The molecule has 0 fully saturated rings. The van der Waals surface area contributed by atoms with Crippen LogP contribution in [0.15, 0.2) is 24.3 Å². The Bertz CT molecular complexity index is 355. The summed E-state index contributed by atoms with van der Waals surface area (Å²) >= 11 is 0. The standard InChI is InChI=1S/C9H8N2O2/c10-6-11-9(13)5-7-3-1-2-4-8(7)12/h1-4,12H,5H2,(H,11,13). The van der Waals surface area contributed by atoms with E-state index in [0.29, 0.717) is 5.56 Å². The molecular formula is C9H8N2O2. The number of benzene rings is 1. The van der Waals surface area contributed by atoms with Crippen molar-refractivity contribution in [1.29, 1.82) is 5.26 Å². The number of hydrogen-bond acceptors (Lipinski definition) is 3. The predicted molar refractivity (Wildman–Crippen MR) is 45.6 cm³/mol. The van der Waals surface area contributed by atoms with Crippen LogP contribution in [0.2, 0.25) is 0 Å². The largest absolute Gasteiger partial charge is 0.508 e. The van der Waals surface area contributed by atoms with Crippen molar-refractivity contribution in [2.75, 3.05) is 0 Å². The number of nitrogens with zero attached hydrogens (tertiary/aromatic N) is 1. The van der Waals surface area contributed by atoms with E-state index in [1.807, 2.05) is 5.32 Å². The molecule has 4 nitrogen and oxygen atoms in total. The number of amides is 1. The van der Waals surface area contributed by atoms with E-state index in [-0.39, 0.29) is 12.2 Å². The second kappa shape index (κ2) is 4.12. The first kappa shape index (κ1) is 9.07. The third-order valence-corrected chi connectivity index (χ3v) is 1.54. The van der Waals surface area contributed by atoms with Crippen molar-refractivity contribution in [2.24, 2.45) is 0 Å². The van der Waals surface area contributed by atoms with Crippen molar-refractivity contribution in [2.45, 2.75) is 6.42 Å². The highest BCUT2D eigenvalue weighted by molar-refractivity contribution is 5.80. The van der Waals surface area contributed by atoms with Gasteiger partial charge in [0.15, 0.2) is 6.19 Å². The number of carbonyl (C=O) groups excluding carboxylic acids is 1. The monoisotopic (exact) mass is 176 g/mol. The minimum atomic E-state index is -0.427. The zero-order valence-electron chi connectivity index (χ0n) is 6.82. The van der Waals surface area contributed by atoms with Crippen LogP contribution >= 0.6 is 0 Å². The van der Waals surface area contributed by atoms with Gasteiger partial charge in [-0.15, -0.1) is 0 Å². The van der Waals surface area contributed by atoms with Gasteiger partial charge in [-0.1, -0.05) is 18.2 Å². The van der Waals surface area contributed by atoms with Crippen LogP contribution in [0.3, 0.4) is 0 Å². The predicted octanol–water partition coefficient (Wildman–Crippen LogP) is 0.532. The molecular weight excluding hydrogens is 168 g/mol. The number of carbonyl (C=O) groups is 1. The molecule has 0 heterocycles. The number of rotatable bonds is 2. The van der Waals surface area contributed by atoms with Crippen LogP contribution in [0.5, 0.6) is 5.75 Å². The lowest BCUT2D eigenvalue weighted by molar-refractivity contribution is -0.119. The zero-order valence-corrected chi connectivity index (χ0v) is 6.82. The summed E-state index contributed by atoms with van der Waals surface area (Å²) in [4.78, 5) is 10.9. The van der Waals surface area contributed by atoms with Crippen molar-refractivity contribution in [1.82, 2.24) is 5.32 Å². The van der Waals surface area contributed by atoms with E-state index in [9.17, 15) is 9.90 Å². The average Bonchev–Trinajstić information content (AvgIpc) is 2.09. The van der Waals surface area contributed by atoms with E-state index in [4.69, 9.17) is 5.26 Å². The van der Waals surface area contributed by atoms with Gasteiger partial charge in [0, 0.05) is 5.56 Å². The molecule has 4 heteroatoms. The maximum absolute atomic E-state index is 10.9. The van der Waals surface area contributed by atoms with E-state index in [1.54, 1.807) is 18.2 Å². The summed E-state index contributed by atoms with van der Waals surface area (Å²) in [5.74, 6) is -0.361. The van der Waals surface area contributed by atoms with Gasteiger partial charge >= 0.3 is 0 Å². The van der Waals surface area contributed by atoms with E-state index >= 15 is 0 Å². The molecule has 1 aromatic carbocycles. The van der Waals surface area contributed by atoms with Crippen molar-refractivity contribution >= 4 is 5.91 Å². The van der Waals surface area contributed by atoms with Gasteiger partial charge in [-0.3, -0.25) is 10.1 Å². The summed E-state index contributed by atoms with van der Waals surface area (Å²) in [5, 5.41) is 19.4. The number of nitriles is 1. The Morgan fingerprint density at radius 3 is 2.85 bits per heavy atom. The first-order valence-corrected chi connectivity index (χ1v) is 3.69. The average molecular weight is 176 g/mol. The highest BCUT2D eigenvalue weighted by Crippen LogP contribution is 2.15.